The molecular formula is C17H22N4O3. The van der Waals surface area contributed by atoms with Gasteiger partial charge in [0, 0.05) is 20.2 Å². The Morgan fingerprint density at radius 2 is 2.25 bits per heavy atom. The van der Waals surface area contributed by atoms with Gasteiger partial charge in [-0.05, 0) is 37.7 Å². The number of amides is 1. The number of methoxy groups -OCH3 is 1. The molecule has 7 nitrogen and oxygen atoms in total. The van der Waals surface area contributed by atoms with Gasteiger partial charge in [0.15, 0.2) is 0 Å². The zero-order valence-electron chi connectivity index (χ0n) is 14.1. The summed E-state index contributed by atoms with van der Waals surface area (Å²) in [4.78, 5) is 14.9. The number of nitrogens with zero attached hydrogens (tertiary/aromatic N) is 4. The predicted octanol–water partition coefficient (Wildman–Crippen LogP) is 1.98. The van der Waals surface area contributed by atoms with Gasteiger partial charge < -0.3 is 14.2 Å². The molecule has 1 aliphatic heterocycles. The van der Waals surface area contributed by atoms with Crippen LogP contribution in [-0.2, 0) is 17.7 Å². The van der Waals surface area contributed by atoms with Gasteiger partial charge in [-0.3, -0.25) is 9.48 Å². The highest BCUT2D eigenvalue weighted by atomic mass is 16.5. The topological polar surface area (TPSA) is 73.4 Å². The summed E-state index contributed by atoms with van der Waals surface area (Å²) < 4.78 is 12.6. The second-order valence-corrected chi connectivity index (χ2v) is 6.70. The smallest absolute Gasteiger partial charge is 0.259 e. The molecule has 1 atom stereocenters. The lowest BCUT2D eigenvalue weighted by Crippen LogP contribution is -2.43. The zero-order chi connectivity index (χ0) is 16.7. The SMILES string of the molecule is COC[C@H]1c2c(cnn2CC2CC2)CCN1C(=O)c1cnoc1C. The lowest BCUT2D eigenvalue weighted by molar-refractivity contribution is 0.0480. The van der Waals surface area contributed by atoms with Gasteiger partial charge in [0.05, 0.1) is 30.7 Å². The first-order valence-corrected chi connectivity index (χ1v) is 8.44. The Kier molecular flexibility index (Phi) is 3.88. The molecule has 128 valence electrons. The average Bonchev–Trinajstić information content (AvgIpc) is 3.14. The van der Waals surface area contributed by atoms with E-state index in [4.69, 9.17) is 9.26 Å². The van der Waals surface area contributed by atoms with Gasteiger partial charge in [-0.2, -0.15) is 5.10 Å². The maximum absolute atomic E-state index is 13.0. The molecule has 4 rings (SSSR count). The number of fused-ring (bicyclic) bond motifs is 1. The van der Waals surface area contributed by atoms with Crippen LogP contribution in [0.25, 0.3) is 0 Å². The molecule has 0 unspecified atom stereocenters. The van der Waals surface area contributed by atoms with Crippen molar-refractivity contribution in [2.45, 2.75) is 38.8 Å². The lowest BCUT2D eigenvalue weighted by Gasteiger charge is -2.36. The lowest BCUT2D eigenvalue weighted by atomic mass is 9.99. The number of aryl methyl sites for hydroxylation is 1. The summed E-state index contributed by atoms with van der Waals surface area (Å²) >= 11 is 0. The molecule has 2 aliphatic rings. The van der Waals surface area contributed by atoms with Gasteiger partial charge in [-0.1, -0.05) is 5.16 Å². The van der Waals surface area contributed by atoms with Crippen LogP contribution >= 0.6 is 0 Å². The van der Waals surface area contributed by atoms with Gasteiger partial charge in [-0.25, -0.2) is 0 Å². The molecule has 0 spiro atoms. The van der Waals surface area contributed by atoms with Crippen molar-refractivity contribution in [3.05, 3.63) is 35.0 Å². The van der Waals surface area contributed by atoms with Crippen LogP contribution in [0.1, 0.15) is 46.3 Å². The second kappa shape index (κ2) is 6.05. The molecule has 1 amide bonds. The van der Waals surface area contributed by atoms with Crippen LogP contribution in [0.2, 0.25) is 0 Å². The largest absolute Gasteiger partial charge is 0.382 e. The van der Waals surface area contributed by atoms with Gasteiger partial charge in [0.1, 0.15) is 11.3 Å². The normalized spacial score (nSPS) is 20.2. The second-order valence-electron chi connectivity index (χ2n) is 6.70. The maximum atomic E-state index is 13.0. The molecule has 2 aromatic rings. The van der Waals surface area contributed by atoms with E-state index in [2.05, 4.69) is 14.9 Å². The van der Waals surface area contributed by atoms with Crippen molar-refractivity contribution >= 4 is 5.91 Å². The Hall–Kier alpha value is -2.15. The monoisotopic (exact) mass is 330 g/mol. The van der Waals surface area contributed by atoms with Crippen molar-refractivity contribution in [1.29, 1.82) is 0 Å². The number of aromatic nitrogens is 3. The van der Waals surface area contributed by atoms with Crippen molar-refractivity contribution in [2.24, 2.45) is 5.92 Å². The first kappa shape index (κ1) is 15.4. The molecule has 0 N–H and O–H groups in total. The standard InChI is InChI=1S/C17H22N4O3/c1-11-14(8-19-24-11)17(22)20-6-5-13-7-18-21(9-12-3-4-12)16(13)15(20)10-23-2/h7-8,12,15H,3-6,9-10H2,1-2H3/t15-/m0/s1. The van der Waals surface area contributed by atoms with Crippen LogP contribution < -0.4 is 0 Å². The summed E-state index contributed by atoms with van der Waals surface area (Å²) in [6, 6.07) is -0.123. The van der Waals surface area contributed by atoms with Crippen molar-refractivity contribution in [2.75, 3.05) is 20.3 Å². The highest BCUT2D eigenvalue weighted by Gasteiger charge is 2.36. The minimum atomic E-state index is -0.123. The van der Waals surface area contributed by atoms with Crippen molar-refractivity contribution in [1.82, 2.24) is 19.8 Å². The van der Waals surface area contributed by atoms with Crippen LogP contribution in [-0.4, -0.2) is 46.0 Å². The predicted molar refractivity (Wildman–Crippen MR) is 85.5 cm³/mol. The third-order valence-corrected chi connectivity index (χ3v) is 4.97. The molecule has 2 aromatic heterocycles. The molecule has 1 saturated carbocycles. The Labute approximate surface area is 140 Å². The molecule has 0 radical (unpaired) electrons. The Bertz CT molecular complexity index is 747. The molecule has 1 aliphatic carbocycles. The Balaban J connectivity index is 1.67. The van der Waals surface area contributed by atoms with E-state index in [0.717, 1.165) is 24.6 Å². The maximum Gasteiger partial charge on any atom is 0.259 e. The minimum Gasteiger partial charge on any atom is -0.382 e. The fraction of sp³-hybridized carbons (Fsp3) is 0.588. The molecular weight excluding hydrogens is 308 g/mol. The molecule has 1 fully saturated rings. The van der Waals surface area contributed by atoms with E-state index in [-0.39, 0.29) is 11.9 Å². The van der Waals surface area contributed by atoms with Crippen molar-refractivity contribution < 1.29 is 14.1 Å². The summed E-state index contributed by atoms with van der Waals surface area (Å²) in [6.45, 7) is 3.81. The van der Waals surface area contributed by atoms with E-state index in [1.807, 2.05) is 11.1 Å². The average molecular weight is 330 g/mol. The van der Waals surface area contributed by atoms with Crippen LogP contribution in [0.4, 0.5) is 0 Å². The summed E-state index contributed by atoms with van der Waals surface area (Å²) in [6.07, 6.45) is 6.81. The van der Waals surface area contributed by atoms with Crippen molar-refractivity contribution in [3.63, 3.8) is 0 Å². The van der Waals surface area contributed by atoms with Crippen molar-refractivity contribution in [3.8, 4) is 0 Å². The van der Waals surface area contributed by atoms with Gasteiger partial charge in [0.2, 0.25) is 0 Å². The highest BCUT2D eigenvalue weighted by Crippen LogP contribution is 2.35. The number of hydrogen-bond donors (Lipinski definition) is 0. The molecule has 0 saturated heterocycles. The van der Waals surface area contributed by atoms with E-state index in [9.17, 15) is 4.79 Å². The molecule has 7 heteroatoms. The molecule has 3 heterocycles. The first-order chi connectivity index (χ1) is 11.7. The van der Waals surface area contributed by atoms with E-state index >= 15 is 0 Å². The van der Waals surface area contributed by atoms with Crippen LogP contribution in [0.3, 0.4) is 0 Å². The van der Waals surface area contributed by atoms with Gasteiger partial charge >= 0.3 is 0 Å². The van der Waals surface area contributed by atoms with Gasteiger partial charge in [0.25, 0.3) is 5.91 Å². The van der Waals surface area contributed by atoms with E-state index in [1.165, 1.54) is 24.6 Å². The van der Waals surface area contributed by atoms with Crippen LogP contribution in [0, 0.1) is 12.8 Å². The number of carbonyl (C=O) groups is 1. The summed E-state index contributed by atoms with van der Waals surface area (Å²) in [5, 5.41) is 8.31. The molecule has 24 heavy (non-hydrogen) atoms. The number of carbonyl (C=O) groups excluding carboxylic acids is 1. The fourth-order valence-electron chi connectivity index (χ4n) is 3.48. The number of hydrogen-bond acceptors (Lipinski definition) is 5. The highest BCUT2D eigenvalue weighted by molar-refractivity contribution is 5.95. The van der Waals surface area contributed by atoms with Gasteiger partial charge in [-0.15, -0.1) is 0 Å². The quantitative estimate of drug-likeness (QED) is 0.838. The zero-order valence-corrected chi connectivity index (χ0v) is 14.1. The third kappa shape index (κ3) is 2.62. The van der Waals surface area contributed by atoms with E-state index in [1.54, 1.807) is 14.0 Å². The summed E-state index contributed by atoms with van der Waals surface area (Å²) in [5.41, 5.74) is 2.87. The minimum absolute atomic E-state index is 0.0550. The molecule has 0 aromatic carbocycles. The van der Waals surface area contributed by atoms with E-state index in [0.29, 0.717) is 24.5 Å². The number of rotatable bonds is 5. The molecule has 0 bridgehead atoms. The first-order valence-electron chi connectivity index (χ1n) is 8.44. The summed E-state index contributed by atoms with van der Waals surface area (Å²) in [7, 11) is 1.67. The van der Waals surface area contributed by atoms with Crippen LogP contribution in [0.5, 0.6) is 0 Å². The third-order valence-electron chi connectivity index (χ3n) is 4.97. The van der Waals surface area contributed by atoms with Crippen LogP contribution in [0.15, 0.2) is 16.9 Å². The number of ether oxygens (including phenoxy) is 1. The summed E-state index contributed by atoms with van der Waals surface area (Å²) in [5.74, 6) is 1.22. The Morgan fingerprint density at radius 3 is 2.92 bits per heavy atom. The Morgan fingerprint density at radius 1 is 1.42 bits per heavy atom. The van der Waals surface area contributed by atoms with E-state index < -0.39 is 0 Å². The fourth-order valence-corrected chi connectivity index (χ4v) is 3.48.